The summed E-state index contributed by atoms with van der Waals surface area (Å²) in [5.41, 5.74) is 0.619. The molecule has 0 aromatic carbocycles. The zero-order valence-corrected chi connectivity index (χ0v) is 11.5. The van der Waals surface area contributed by atoms with Gasteiger partial charge in [-0.05, 0) is 31.9 Å². The standard InChI is InChI=1S/C14H23N3O/c1-4-8-11(5-2)17-14(18)12-9-7-10-16-13(12)15-6-3/h7,9-11H,4-6,8H2,1-3H3,(H,15,16)(H,17,18). The molecule has 0 radical (unpaired) electrons. The van der Waals surface area contributed by atoms with Crippen LogP contribution in [0.4, 0.5) is 5.82 Å². The summed E-state index contributed by atoms with van der Waals surface area (Å²) in [5.74, 6) is 0.614. The van der Waals surface area contributed by atoms with Crippen LogP contribution in [0.5, 0.6) is 0 Å². The molecule has 1 rings (SSSR count). The predicted molar refractivity (Wildman–Crippen MR) is 74.9 cm³/mol. The van der Waals surface area contributed by atoms with E-state index in [1.54, 1.807) is 18.3 Å². The van der Waals surface area contributed by atoms with Gasteiger partial charge in [0.2, 0.25) is 0 Å². The largest absolute Gasteiger partial charge is 0.370 e. The fourth-order valence-electron chi connectivity index (χ4n) is 1.89. The quantitative estimate of drug-likeness (QED) is 0.781. The minimum atomic E-state index is -0.0423. The van der Waals surface area contributed by atoms with Gasteiger partial charge in [0.1, 0.15) is 5.82 Å². The Kier molecular flexibility index (Phi) is 6.19. The van der Waals surface area contributed by atoms with Crippen LogP contribution in [0.2, 0.25) is 0 Å². The zero-order chi connectivity index (χ0) is 13.4. The van der Waals surface area contributed by atoms with E-state index in [1.165, 1.54) is 0 Å². The normalized spacial score (nSPS) is 11.9. The van der Waals surface area contributed by atoms with Gasteiger partial charge in [-0.2, -0.15) is 0 Å². The lowest BCUT2D eigenvalue weighted by Crippen LogP contribution is -2.34. The van der Waals surface area contributed by atoms with Crippen LogP contribution in [0.25, 0.3) is 0 Å². The van der Waals surface area contributed by atoms with Crippen molar-refractivity contribution in [1.82, 2.24) is 10.3 Å². The highest BCUT2D eigenvalue weighted by Gasteiger charge is 2.15. The highest BCUT2D eigenvalue weighted by molar-refractivity contribution is 5.98. The summed E-state index contributed by atoms with van der Waals surface area (Å²) < 4.78 is 0. The average molecular weight is 249 g/mol. The van der Waals surface area contributed by atoms with Crippen molar-refractivity contribution in [2.24, 2.45) is 0 Å². The lowest BCUT2D eigenvalue weighted by molar-refractivity contribution is 0.0934. The molecule has 0 aliphatic carbocycles. The van der Waals surface area contributed by atoms with Gasteiger partial charge in [0.05, 0.1) is 5.56 Å². The van der Waals surface area contributed by atoms with Crippen LogP contribution in [0, 0.1) is 0 Å². The maximum atomic E-state index is 12.2. The molecule has 0 saturated heterocycles. The van der Waals surface area contributed by atoms with Crippen molar-refractivity contribution in [3.8, 4) is 0 Å². The Morgan fingerprint density at radius 3 is 2.78 bits per heavy atom. The average Bonchev–Trinajstić information content (AvgIpc) is 2.39. The summed E-state index contributed by atoms with van der Waals surface area (Å²) >= 11 is 0. The highest BCUT2D eigenvalue weighted by atomic mass is 16.1. The number of rotatable bonds is 7. The molecule has 0 spiro atoms. The zero-order valence-electron chi connectivity index (χ0n) is 11.5. The van der Waals surface area contributed by atoms with Crippen molar-refractivity contribution in [3.63, 3.8) is 0 Å². The first-order valence-corrected chi connectivity index (χ1v) is 6.72. The number of hydrogen-bond acceptors (Lipinski definition) is 3. The molecule has 0 saturated carbocycles. The fourth-order valence-corrected chi connectivity index (χ4v) is 1.89. The molecule has 18 heavy (non-hydrogen) atoms. The van der Waals surface area contributed by atoms with E-state index in [1.807, 2.05) is 6.92 Å². The van der Waals surface area contributed by atoms with Gasteiger partial charge in [-0.1, -0.05) is 20.3 Å². The first kappa shape index (κ1) is 14.5. The summed E-state index contributed by atoms with van der Waals surface area (Å²) in [4.78, 5) is 16.4. The van der Waals surface area contributed by atoms with Crippen molar-refractivity contribution in [3.05, 3.63) is 23.9 Å². The Morgan fingerprint density at radius 2 is 2.17 bits per heavy atom. The Hall–Kier alpha value is -1.58. The monoisotopic (exact) mass is 249 g/mol. The summed E-state index contributed by atoms with van der Waals surface area (Å²) in [6.07, 6.45) is 4.74. The lowest BCUT2D eigenvalue weighted by Gasteiger charge is -2.17. The van der Waals surface area contributed by atoms with E-state index in [0.29, 0.717) is 11.4 Å². The molecule has 0 bridgehead atoms. The second-order valence-corrected chi connectivity index (χ2v) is 4.30. The molecule has 4 nitrogen and oxygen atoms in total. The maximum absolute atomic E-state index is 12.2. The van der Waals surface area contributed by atoms with Crippen LogP contribution in [0.3, 0.4) is 0 Å². The number of nitrogens with one attached hydrogen (secondary N) is 2. The molecule has 100 valence electrons. The predicted octanol–water partition coefficient (Wildman–Crippen LogP) is 2.82. The second-order valence-electron chi connectivity index (χ2n) is 4.30. The van der Waals surface area contributed by atoms with Gasteiger partial charge < -0.3 is 10.6 Å². The first-order chi connectivity index (χ1) is 8.72. The van der Waals surface area contributed by atoms with Gasteiger partial charge in [0.25, 0.3) is 5.91 Å². The highest BCUT2D eigenvalue weighted by Crippen LogP contribution is 2.12. The van der Waals surface area contributed by atoms with Crippen molar-refractivity contribution in [2.75, 3.05) is 11.9 Å². The summed E-state index contributed by atoms with van der Waals surface area (Å²) in [6, 6.07) is 3.84. The summed E-state index contributed by atoms with van der Waals surface area (Å²) in [5, 5.41) is 6.17. The number of hydrogen-bond donors (Lipinski definition) is 2. The lowest BCUT2D eigenvalue weighted by atomic mass is 10.1. The number of aromatic nitrogens is 1. The second kappa shape index (κ2) is 7.69. The van der Waals surface area contributed by atoms with Gasteiger partial charge in [0.15, 0.2) is 0 Å². The van der Waals surface area contributed by atoms with E-state index in [2.05, 4.69) is 29.5 Å². The van der Waals surface area contributed by atoms with Crippen molar-refractivity contribution in [1.29, 1.82) is 0 Å². The molecule has 2 N–H and O–H groups in total. The Morgan fingerprint density at radius 1 is 1.39 bits per heavy atom. The fraction of sp³-hybridized carbons (Fsp3) is 0.571. The van der Waals surface area contributed by atoms with Crippen LogP contribution < -0.4 is 10.6 Å². The molecular formula is C14H23N3O. The molecule has 1 aromatic rings. The Labute approximate surface area is 109 Å². The third-order valence-electron chi connectivity index (χ3n) is 2.86. The van der Waals surface area contributed by atoms with Crippen LogP contribution in [-0.4, -0.2) is 23.5 Å². The third-order valence-corrected chi connectivity index (χ3v) is 2.86. The van der Waals surface area contributed by atoms with E-state index < -0.39 is 0 Å². The van der Waals surface area contributed by atoms with Crippen molar-refractivity contribution >= 4 is 11.7 Å². The van der Waals surface area contributed by atoms with E-state index in [9.17, 15) is 4.79 Å². The molecule has 1 aromatic heterocycles. The van der Waals surface area contributed by atoms with Gasteiger partial charge in [0, 0.05) is 18.8 Å². The Bertz CT molecular complexity index is 379. The number of carbonyl (C=O) groups excluding carboxylic acids is 1. The summed E-state index contributed by atoms with van der Waals surface area (Å²) in [6.45, 7) is 6.96. The molecular weight excluding hydrogens is 226 g/mol. The van der Waals surface area contributed by atoms with Crippen LogP contribution in [-0.2, 0) is 0 Å². The molecule has 1 unspecified atom stereocenters. The van der Waals surface area contributed by atoms with Crippen LogP contribution >= 0.6 is 0 Å². The molecule has 4 heteroatoms. The molecule has 1 heterocycles. The van der Waals surface area contributed by atoms with E-state index in [0.717, 1.165) is 25.8 Å². The number of carbonyl (C=O) groups is 1. The van der Waals surface area contributed by atoms with E-state index in [-0.39, 0.29) is 11.9 Å². The molecule has 0 fully saturated rings. The minimum Gasteiger partial charge on any atom is -0.370 e. The smallest absolute Gasteiger partial charge is 0.255 e. The molecule has 1 amide bonds. The molecule has 0 aliphatic rings. The van der Waals surface area contributed by atoms with Gasteiger partial charge in [-0.15, -0.1) is 0 Å². The Balaban J connectivity index is 2.76. The van der Waals surface area contributed by atoms with Gasteiger partial charge in [-0.3, -0.25) is 4.79 Å². The van der Waals surface area contributed by atoms with Gasteiger partial charge >= 0.3 is 0 Å². The van der Waals surface area contributed by atoms with Gasteiger partial charge in [-0.25, -0.2) is 4.98 Å². The van der Waals surface area contributed by atoms with Crippen LogP contribution in [0.15, 0.2) is 18.3 Å². The first-order valence-electron chi connectivity index (χ1n) is 6.72. The minimum absolute atomic E-state index is 0.0423. The number of anilines is 1. The number of pyridine rings is 1. The molecule has 1 atom stereocenters. The van der Waals surface area contributed by atoms with Crippen molar-refractivity contribution in [2.45, 2.75) is 46.1 Å². The summed E-state index contributed by atoms with van der Waals surface area (Å²) in [7, 11) is 0. The maximum Gasteiger partial charge on any atom is 0.255 e. The van der Waals surface area contributed by atoms with E-state index in [4.69, 9.17) is 0 Å². The third kappa shape index (κ3) is 4.02. The number of amides is 1. The topological polar surface area (TPSA) is 54.0 Å². The van der Waals surface area contributed by atoms with E-state index >= 15 is 0 Å². The SMILES string of the molecule is CCCC(CC)NC(=O)c1cccnc1NCC. The van der Waals surface area contributed by atoms with Crippen molar-refractivity contribution < 1.29 is 4.79 Å². The van der Waals surface area contributed by atoms with Crippen LogP contribution in [0.1, 0.15) is 50.4 Å². The number of nitrogens with zero attached hydrogens (tertiary/aromatic N) is 1. The molecule has 0 aliphatic heterocycles.